The predicted octanol–water partition coefficient (Wildman–Crippen LogP) is 1.91. The van der Waals surface area contributed by atoms with Crippen molar-refractivity contribution in [3.63, 3.8) is 0 Å². The van der Waals surface area contributed by atoms with Gasteiger partial charge in [-0.05, 0) is 36.4 Å². The fourth-order valence-corrected chi connectivity index (χ4v) is 2.78. The van der Waals surface area contributed by atoms with Gasteiger partial charge in [-0.15, -0.1) is 0 Å². The zero-order valence-electron chi connectivity index (χ0n) is 10.6. The average molecular weight is 310 g/mol. The maximum Gasteiger partial charge on any atom is 0.337 e. The van der Waals surface area contributed by atoms with Gasteiger partial charge in [-0.1, -0.05) is 6.07 Å². The lowest BCUT2D eigenvalue weighted by atomic mass is 10.1. The van der Waals surface area contributed by atoms with Crippen LogP contribution in [-0.2, 0) is 10.0 Å². The average Bonchev–Trinajstić information content (AvgIpc) is 2.40. The molecular formula is C13H11FN2O4S. The molecule has 8 heteroatoms. The van der Waals surface area contributed by atoms with Crippen LogP contribution in [0.1, 0.15) is 10.4 Å². The number of hydrogen-bond donors (Lipinski definition) is 3. The molecule has 0 amide bonds. The molecule has 6 nitrogen and oxygen atoms in total. The quantitative estimate of drug-likeness (QED) is 0.747. The monoisotopic (exact) mass is 310 g/mol. The van der Waals surface area contributed by atoms with Crippen molar-refractivity contribution >= 4 is 27.4 Å². The van der Waals surface area contributed by atoms with Crippen LogP contribution in [0.5, 0.6) is 0 Å². The third-order valence-electron chi connectivity index (χ3n) is 2.62. The number of sulfonamides is 1. The number of carboxylic acids is 1. The Labute approximate surface area is 120 Å². The second kappa shape index (κ2) is 5.41. The first kappa shape index (κ1) is 14.8. The van der Waals surface area contributed by atoms with E-state index >= 15 is 0 Å². The second-order valence-electron chi connectivity index (χ2n) is 4.17. The SMILES string of the molecule is Nc1ccc(NS(=O)(=O)c2cccc(F)c2)c(C(=O)O)c1. The van der Waals surface area contributed by atoms with Gasteiger partial charge in [0.2, 0.25) is 0 Å². The molecule has 0 aliphatic rings. The van der Waals surface area contributed by atoms with Crippen molar-refractivity contribution in [3.05, 3.63) is 53.8 Å². The predicted molar refractivity (Wildman–Crippen MR) is 75.0 cm³/mol. The lowest BCUT2D eigenvalue weighted by Crippen LogP contribution is -2.16. The van der Waals surface area contributed by atoms with E-state index in [0.717, 1.165) is 18.2 Å². The van der Waals surface area contributed by atoms with Gasteiger partial charge in [0, 0.05) is 5.69 Å². The molecule has 0 heterocycles. The van der Waals surface area contributed by atoms with Crippen LogP contribution in [-0.4, -0.2) is 19.5 Å². The van der Waals surface area contributed by atoms with E-state index in [1.807, 2.05) is 0 Å². The molecule has 0 atom stereocenters. The topological polar surface area (TPSA) is 109 Å². The van der Waals surface area contributed by atoms with Crippen molar-refractivity contribution in [2.75, 3.05) is 10.5 Å². The molecule has 0 saturated carbocycles. The van der Waals surface area contributed by atoms with Gasteiger partial charge in [-0.2, -0.15) is 0 Å². The summed E-state index contributed by atoms with van der Waals surface area (Å²) in [6.07, 6.45) is 0. The molecule has 4 N–H and O–H groups in total. The minimum atomic E-state index is -4.10. The molecule has 0 unspecified atom stereocenters. The van der Waals surface area contributed by atoms with E-state index in [1.54, 1.807) is 0 Å². The smallest absolute Gasteiger partial charge is 0.337 e. The Morgan fingerprint density at radius 1 is 1.19 bits per heavy atom. The molecule has 0 radical (unpaired) electrons. The third-order valence-corrected chi connectivity index (χ3v) is 3.99. The number of benzene rings is 2. The molecule has 0 spiro atoms. The molecule has 2 aromatic rings. The van der Waals surface area contributed by atoms with Crippen LogP contribution in [0.4, 0.5) is 15.8 Å². The highest BCUT2D eigenvalue weighted by Crippen LogP contribution is 2.22. The highest BCUT2D eigenvalue weighted by atomic mass is 32.2. The summed E-state index contributed by atoms with van der Waals surface area (Å²) in [6.45, 7) is 0. The molecule has 110 valence electrons. The number of rotatable bonds is 4. The van der Waals surface area contributed by atoms with E-state index in [1.165, 1.54) is 24.3 Å². The zero-order chi connectivity index (χ0) is 15.6. The summed E-state index contributed by atoms with van der Waals surface area (Å²) in [6, 6.07) is 8.09. The first-order valence-electron chi connectivity index (χ1n) is 5.71. The van der Waals surface area contributed by atoms with Crippen molar-refractivity contribution in [1.29, 1.82) is 0 Å². The molecule has 21 heavy (non-hydrogen) atoms. The van der Waals surface area contributed by atoms with Gasteiger partial charge in [-0.3, -0.25) is 4.72 Å². The summed E-state index contributed by atoms with van der Waals surface area (Å²) in [4.78, 5) is 10.8. The number of nitrogen functional groups attached to an aromatic ring is 1. The van der Waals surface area contributed by atoms with Crippen molar-refractivity contribution in [1.82, 2.24) is 0 Å². The van der Waals surface area contributed by atoms with E-state index in [9.17, 15) is 17.6 Å². The fourth-order valence-electron chi connectivity index (χ4n) is 1.67. The summed E-state index contributed by atoms with van der Waals surface area (Å²) >= 11 is 0. The van der Waals surface area contributed by atoms with E-state index < -0.39 is 21.8 Å². The first-order valence-corrected chi connectivity index (χ1v) is 7.19. The zero-order valence-corrected chi connectivity index (χ0v) is 11.4. The number of carbonyl (C=O) groups is 1. The number of nitrogens with two attached hydrogens (primary N) is 1. The number of halogens is 1. The Morgan fingerprint density at radius 2 is 1.90 bits per heavy atom. The molecule has 0 saturated heterocycles. The first-order chi connectivity index (χ1) is 9.79. The summed E-state index contributed by atoms with van der Waals surface area (Å²) in [5.74, 6) is -2.05. The van der Waals surface area contributed by atoms with Crippen LogP contribution in [0.2, 0.25) is 0 Å². The normalized spacial score (nSPS) is 11.1. The number of carboxylic acid groups (broad SMARTS) is 1. The lowest BCUT2D eigenvalue weighted by molar-refractivity contribution is 0.0698. The maximum absolute atomic E-state index is 13.1. The van der Waals surface area contributed by atoms with E-state index in [4.69, 9.17) is 10.8 Å². The van der Waals surface area contributed by atoms with Gasteiger partial charge in [-0.25, -0.2) is 17.6 Å². The molecule has 0 fully saturated rings. The van der Waals surface area contributed by atoms with Crippen LogP contribution in [0.25, 0.3) is 0 Å². The van der Waals surface area contributed by atoms with E-state index in [-0.39, 0.29) is 21.8 Å². The molecule has 0 aliphatic carbocycles. The number of aromatic carboxylic acids is 1. The minimum Gasteiger partial charge on any atom is -0.478 e. The lowest BCUT2D eigenvalue weighted by Gasteiger charge is -2.11. The van der Waals surface area contributed by atoms with Gasteiger partial charge in [0.1, 0.15) is 5.82 Å². The van der Waals surface area contributed by atoms with Gasteiger partial charge in [0.25, 0.3) is 10.0 Å². The van der Waals surface area contributed by atoms with Crippen molar-refractivity contribution < 1.29 is 22.7 Å². The number of anilines is 2. The molecular weight excluding hydrogens is 299 g/mol. The highest BCUT2D eigenvalue weighted by molar-refractivity contribution is 7.92. The second-order valence-corrected chi connectivity index (χ2v) is 5.86. The fraction of sp³-hybridized carbons (Fsp3) is 0. The van der Waals surface area contributed by atoms with Crippen LogP contribution in [0.3, 0.4) is 0 Å². The van der Waals surface area contributed by atoms with Gasteiger partial charge in [0.05, 0.1) is 16.1 Å². The Bertz CT molecular complexity index is 806. The van der Waals surface area contributed by atoms with Crippen LogP contribution in [0, 0.1) is 5.82 Å². The largest absolute Gasteiger partial charge is 0.478 e. The summed E-state index contributed by atoms with van der Waals surface area (Å²) in [7, 11) is -4.10. The van der Waals surface area contributed by atoms with Crippen molar-refractivity contribution in [2.24, 2.45) is 0 Å². The standard InChI is InChI=1S/C13H11FN2O4S/c14-8-2-1-3-10(6-8)21(19,20)16-12-5-4-9(15)7-11(12)13(17)18/h1-7,16H,15H2,(H,17,18). The Hall–Kier alpha value is -2.61. The minimum absolute atomic E-state index is 0.152. The Morgan fingerprint density at radius 3 is 2.52 bits per heavy atom. The molecule has 0 bridgehead atoms. The number of nitrogens with one attached hydrogen (secondary N) is 1. The third kappa shape index (κ3) is 3.29. The van der Waals surface area contributed by atoms with Crippen molar-refractivity contribution in [3.8, 4) is 0 Å². The summed E-state index contributed by atoms with van der Waals surface area (Å²) < 4.78 is 39.4. The highest BCUT2D eigenvalue weighted by Gasteiger charge is 2.19. The van der Waals surface area contributed by atoms with E-state index in [0.29, 0.717) is 0 Å². The molecule has 0 aliphatic heterocycles. The van der Waals surface area contributed by atoms with Gasteiger partial charge >= 0.3 is 5.97 Å². The van der Waals surface area contributed by atoms with Crippen LogP contribution < -0.4 is 10.5 Å². The van der Waals surface area contributed by atoms with Gasteiger partial charge in [0.15, 0.2) is 0 Å². The Balaban J connectivity index is 2.44. The number of hydrogen-bond acceptors (Lipinski definition) is 4. The molecule has 2 rings (SSSR count). The molecule has 2 aromatic carbocycles. The van der Waals surface area contributed by atoms with Crippen LogP contribution in [0.15, 0.2) is 47.4 Å². The summed E-state index contributed by atoms with van der Waals surface area (Å²) in [5, 5.41) is 9.05. The van der Waals surface area contributed by atoms with Gasteiger partial charge < -0.3 is 10.8 Å². The van der Waals surface area contributed by atoms with E-state index in [2.05, 4.69) is 4.72 Å². The maximum atomic E-state index is 13.1. The van der Waals surface area contributed by atoms with Crippen LogP contribution >= 0.6 is 0 Å². The Kier molecular flexibility index (Phi) is 3.81. The van der Waals surface area contributed by atoms with Crippen molar-refractivity contribution in [2.45, 2.75) is 4.90 Å². The summed E-state index contributed by atoms with van der Waals surface area (Å²) in [5.41, 5.74) is 5.20. The molecule has 0 aromatic heterocycles.